The summed E-state index contributed by atoms with van der Waals surface area (Å²) in [5.74, 6) is -0.283. The van der Waals surface area contributed by atoms with Gasteiger partial charge in [-0.2, -0.15) is 5.10 Å². The molecule has 25 heavy (non-hydrogen) atoms. The van der Waals surface area contributed by atoms with Crippen molar-refractivity contribution in [3.63, 3.8) is 0 Å². The smallest absolute Gasteiger partial charge is 0.268 e. The number of nitrogens with zero attached hydrogens (tertiary/aromatic N) is 3. The Balaban J connectivity index is 1.75. The summed E-state index contributed by atoms with van der Waals surface area (Å²) in [6.45, 7) is 4.05. The van der Waals surface area contributed by atoms with E-state index in [1.165, 1.54) is 0 Å². The Morgan fingerprint density at radius 2 is 2.08 bits per heavy atom. The first-order valence-corrected chi connectivity index (χ1v) is 8.20. The molecular weight excluding hydrogens is 318 g/mol. The van der Waals surface area contributed by atoms with Gasteiger partial charge < -0.3 is 15.2 Å². The monoisotopic (exact) mass is 337 g/mol. The first-order chi connectivity index (χ1) is 11.9. The number of carbonyl (C=O) groups excluding carboxylic acids is 2. The summed E-state index contributed by atoms with van der Waals surface area (Å²) in [6.07, 6.45) is 3.34. The molecule has 0 fully saturated rings. The predicted molar refractivity (Wildman–Crippen MR) is 94.7 cm³/mol. The number of hydrogen-bond donors (Lipinski definition) is 2. The molecule has 0 radical (unpaired) electrons. The van der Waals surface area contributed by atoms with Gasteiger partial charge in [0.05, 0.1) is 17.9 Å². The number of fused-ring (bicyclic) bond motifs is 3. The maximum atomic E-state index is 12.5. The zero-order valence-corrected chi connectivity index (χ0v) is 14.3. The van der Waals surface area contributed by atoms with E-state index >= 15 is 0 Å². The molecule has 0 spiro atoms. The molecule has 2 atom stereocenters. The lowest BCUT2D eigenvalue weighted by Crippen LogP contribution is -2.44. The SMILES string of the molecule is C[C@@H]1NC(=O)c2cc3ccc(C(=O)Nc4cnn(C)c4)cc3n2[C@@H]1C. The van der Waals surface area contributed by atoms with E-state index in [1.54, 1.807) is 30.2 Å². The van der Waals surface area contributed by atoms with Gasteiger partial charge in [0.1, 0.15) is 5.69 Å². The number of nitrogens with one attached hydrogen (secondary N) is 2. The van der Waals surface area contributed by atoms with Crippen molar-refractivity contribution in [2.24, 2.45) is 7.05 Å². The lowest BCUT2D eigenvalue weighted by Gasteiger charge is -2.30. The number of anilines is 1. The van der Waals surface area contributed by atoms with E-state index in [0.717, 1.165) is 10.9 Å². The van der Waals surface area contributed by atoms with Crippen LogP contribution >= 0.6 is 0 Å². The zero-order valence-electron chi connectivity index (χ0n) is 14.3. The largest absolute Gasteiger partial charge is 0.346 e. The van der Waals surface area contributed by atoms with E-state index in [0.29, 0.717) is 16.9 Å². The molecule has 2 aromatic heterocycles. The maximum Gasteiger partial charge on any atom is 0.268 e. The van der Waals surface area contributed by atoms with E-state index in [2.05, 4.69) is 22.7 Å². The van der Waals surface area contributed by atoms with Crippen molar-refractivity contribution in [2.75, 3.05) is 5.32 Å². The molecule has 0 unspecified atom stereocenters. The summed E-state index contributed by atoms with van der Waals surface area (Å²) in [5.41, 5.74) is 2.71. The molecule has 3 aromatic rings. The van der Waals surface area contributed by atoms with Crippen molar-refractivity contribution in [3.8, 4) is 0 Å². The van der Waals surface area contributed by atoms with Gasteiger partial charge in [0.15, 0.2) is 0 Å². The second-order valence-corrected chi connectivity index (χ2v) is 6.53. The van der Waals surface area contributed by atoms with Crippen LogP contribution in [0, 0.1) is 0 Å². The minimum absolute atomic E-state index is 0.0310. The van der Waals surface area contributed by atoms with Gasteiger partial charge >= 0.3 is 0 Å². The van der Waals surface area contributed by atoms with Crippen molar-refractivity contribution < 1.29 is 9.59 Å². The number of carbonyl (C=O) groups is 2. The number of rotatable bonds is 2. The highest BCUT2D eigenvalue weighted by Crippen LogP contribution is 2.30. The van der Waals surface area contributed by atoms with Crippen molar-refractivity contribution in [1.82, 2.24) is 19.7 Å². The van der Waals surface area contributed by atoms with Crippen LogP contribution in [-0.4, -0.2) is 32.2 Å². The fraction of sp³-hybridized carbons (Fsp3) is 0.278. The van der Waals surface area contributed by atoms with Gasteiger partial charge in [0.2, 0.25) is 0 Å². The molecule has 7 heteroatoms. The molecule has 3 heterocycles. The fourth-order valence-electron chi connectivity index (χ4n) is 3.29. The van der Waals surface area contributed by atoms with Gasteiger partial charge in [0.25, 0.3) is 11.8 Å². The van der Waals surface area contributed by atoms with Crippen LogP contribution in [0.3, 0.4) is 0 Å². The third kappa shape index (κ3) is 2.48. The minimum atomic E-state index is -0.202. The van der Waals surface area contributed by atoms with E-state index in [-0.39, 0.29) is 23.9 Å². The second-order valence-electron chi connectivity index (χ2n) is 6.53. The Bertz CT molecular complexity index is 1000. The van der Waals surface area contributed by atoms with E-state index in [1.807, 2.05) is 29.7 Å². The lowest BCUT2D eigenvalue weighted by atomic mass is 10.1. The molecule has 1 aromatic carbocycles. The van der Waals surface area contributed by atoms with Gasteiger partial charge in [-0.1, -0.05) is 6.07 Å². The Hall–Kier alpha value is -3.09. The summed E-state index contributed by atoms with van der Waals surface area (Å²) in [6, 6.07) is 7.50. The molecule has 1 aliphatic heterocycles. The zero-order chi connectivity index (χ0) is 17.7. The van der Waals surface area contributed by atoms with Gasteiger partial charge in [-0.05, 0) is 32.0 Å². The Kier molecular flexibility index (Phi) is 3.38. The molecule has 0 aliphatic carbocycles. The molecule has 2 N–H and O–H groups in total. The molecule has 7 nitrogen and oxygen atoms in total. The average Bonchev–Trinajstić information content (AvgIpc) is 3.15. The van der Waals surface area contributed by atoms with Crippen LogP contribution in [0.5, 0.6) is 0 Å². The Labute approximate surface area is 144 Å². The Morgan fingerprint density at radius 1 is 1.28 bits per heavy atom. The third-order valence-corrected chi connectivity index (χ3v) is 4.79. The van der Waals surface area contributed by atoms with E-state index < -0.39 is 0 Å². The highest BCUT2D eigenvalue weighted by Gasteiger charge is 2.29. The standard InChI is InChI=1S/C18H19N5O2/c1-10-11(2)23-15-7-13(17(24)21-14-8-19-22(3)9-14)5-4-12(15)6-16(23)18(25)20-10/h4-11H,1-3H3,(H,20,25)(H,21,24)/t10-,11+/m0/s1. The summed E-state index contributed by atoms with van der Waals surface area (Å²) < 4.78 is 3.64. The van der Waals surface area contributed by atoms with Crippen LogP contribution in [-0.2, 0) is 7.05 Å². The van der Waals surface area contributed by atoms with Crippen molar-refractivity contribution in [3.05, 3.63) is 47.9 Å². The van der Waals surface area contributed by atoms with Crippen LogP contribution in [0.4, 0.5) is 5.69 Å². The molecule has 4 rings (SSSR count). The van der Waals surface area contributed by atoms with E-state index in [4.69, 9.17) is 0 Å². The molecule has 2 amide bonds. The predicted octanol–water partition coefficient (Wildman–Crippen LogP) is 2.32. The number of aromatic nitrogens is 3. The third-order valence-electron chi connectivity index (χ3n) is 4.79. The van der Waals surface area contributed by atoms with Gasteiger partial charge in [-0.25, -0.2) is 0 Å². The number of aryl methyl sites for hydroxylation is 1. The van der Waals surface area contributed by atoms with Crippen molar-refractivity contribution >= 4 is 28.4 Å². The summed E-state index contributed by atoms with van der Waals surface area (Å²) in [4.78, 5) is 24.8. The quantitative estimate of drug-likeness (QED) is 0.753. The minimum Gasteiger partial charge on any atom is -0.346 e. The average molecular weight is 337 g/mol. The molecule has 0 bridgehead atoms. The summed E-state index contributed by atoms with van der Waals surface area (Å²) >= 11 is 0. The fourth-order valence-corrected chi connectivity index (χ4v) is 3.29. The Morgan fingerprint density at radius 3 is 2.80 bits per heavy atom. The topological polar surface area (TPSA) is 81.0 Å². The number of hydrogen-bond acceptors (Lipinski definition) is 3. The van der Waals surface area contributed by atoms with Crippen LogP contribution in [0.1, 0.15) is 40.7 Å². The summed E-state index contributed by atoms with van der Waals surface area (Å²) in [7, 11) is 1.79. The summed E-state index contributed by atoms with van der Waals surface area (Å²) in [5, 5.41) is 10.8. The van der Waals surface area contributed by atoms with Crippen LogP contribution in [0.15, 0.2) is 36.7 Å². The van der Waals surface area contributed by atoms with Crippen LogP contribution in [0.25, 0.3) is 10.9 Å². The lowest BCUT2D eigenvalue weighted by molar-refractivity contribution is 0.0891. The highest BCUT2D eigenvalue weighted by atomic mass is 16.2. The van der Waals surface area contributed by atoms with Gasteiger partial charge in [-0.15, -0.1) is 0 Å². The maximum absolute atomic E-state index is 12.5. The van der Waals surface area contributed by atoms with Gasteiger partial charge in [-0.3, -0.25) is 14.3 Å². The molecule has 0 saturated carbocycles. The number of benzene rings is 1. The first-order valence-electron chi connectivity index (χ1n) is 8.20. The number of amides is 2. The van der Waals surface area contributed by atoms with Crippen molar-refractivity contribution in [2.45, 2.75) is 25.9 Å². The van der Waals surface area contributed by atoms with Gasteiger partial charge in [0, 0.05) is 35.8 Å². The molecule has 1 aliphatic rings. The van der Waals surface area contributed by atoms with E-state index in [9.17, 15) is 9.59 Å². The molecular formula is C18H19N5O2. The molecule has 128 valence electrons. The normalized spacial score (nSPS) is 19.6. The highest BCUT2D eigenvalue weighted by molar-refractivity contribution is 6.07. The molecule has 0 saturated heterocycles. The van der Waals surface area contributed by atoms with Crippen LogP contribution < -0.4 is 10.6 Å². The van der Waals surface area contributed by atoms with Crippen molar-refractivity contribution in [1.29, 1.82) is 0 Å². The first kappa shape index (κ1) is 15.4. The second kappa shape index (κ2) is 5.47. The van der Waals surface area contributed by atoms with Crippen LogP contribution in [0.2, 0.25) is 0 Å².